The molecule has 110 valence electrons. The van der Waals surface area contributed by atoms with E-state index in [1.165, 1.54) is 0 Å². The van der Waals surface area contributed by atoms with Crippen molar-refractivity contribution in [3.63, 3.8) is 0 Å². The van der Waals surface area contributed by atoms with Crippen LogP contribution in [0.15, 0.2) is 34.8 Å². The van der Waals surface area contributed by atoms with Crippen molar-refractivity contribution in [1.29, 1.82) is 0 Å². The predicted molar refractivity (Wildman–Crippen MR) is 92.7 cm³/mol. The van der Waals surface area contributed by atoms with E-state index in [0.717, 1.165) is 21.3 Å². The van der Waals surface area contributed by atoms with Gasteiger partial charge in [0.2, 0.25) is 0 Å². The van der Waals surface area contributed by atoms with Crippen LogP contribution in [0.3, 0.4) is 0 Å². The van der Waals surface area contributed by atoms with Gasteiger partial charge in [-0.3, -0.25) is 0 Å². The largest absolute Gasteiger partial charge is 0.323 e. The first kappa shape index (κ1) is 16.1. The Morgan fingerprint density at radius 2 is 1.62 bits per heavy atom. The smallest absolute Gasteiger partial charge is 0.308 e. The molecule has 0 spiro atoms. The van der Waals surface area contributed by atoms with E-state index >= 15 is 0 Å². The summed E-state index contributed by atoms with van der Waals surface area (Å²) >= 11 is 15.2. The van der Waals surface area contributed by atoms with Crippen molar-refractivity contribution in [1.82, 2.24) is 0 Å². The zero-order valence-electron chi connectivity index (χ0n) is 11.4. The zero-order valence-corrected chi connectivity index (χ0v) is 14.5. The Bertz CT molecular complexity index is 681. The molecule has 2 rings (SSSR count). The highest BCUT2D eigenvalue weighted by atomic mass is 79.9. The molecule has 0 aliphatic rings. The Kier molecular flexibility index (Phi) is 5.14. The van der Waals surface area contributed by atoms with E-state index in [4.69, 9.17) is 23.2 Å². The van der Waals surface area contributed by atoms with Gasteiger partial charge in [0.05, 0.1) is 10.0 Å². The number of halogens is 3. The van der Waals surface area contributed by atoms with Crippen molar-refractivity contribution < 1.29 is 4.79 Å². The van der Waals surface area contributed by atoms with Gasteiger partial charge in [0.25, 0.3) is 0 Å². The predicted octanol–water partition coefficient (Wildman–Crippen LogP) is 6.02. The van der Waals surface area contributed by atoms with Gasteiger partial charge in [-0.2, -0.15) is 0 Å². The van der Waals surface area contributed by atoms with Crippen LogP contribution in [0.25, 0.3) is 0 Å². The lowest BCUT2D eigenvalue weighted by molar-refractivity contribution is 0.262. The summed E-state index contributed by atoms with van der Waals surface area (Å²) in [7, 11) is 0. The summed E-state index contributed by atoms with van der Waals surface area (Å²) in [4.78, 5) is 12.1. The minimum Gasteiger partial charge on any atom is -0.308 e. The molecular formula is C15H13BrCl2N2O. The maximum absolute atomic E-state index is 12.1. The lowest BCUT2D eigenvalue weighted by Crippen LogP contribution is -2.20. The van der Waals surface area contributed by atoms with Crippen molar-refractivity contribution >= 4 is 56.5 Å². The van der Waals surface area contributed by atoms with Crippen LogP contribution in [0.4, 0.5) is 16.2 Å². The second kappa shape index (κ2) is 6.69. The van der Waals surface area contributed by atoms with Gasteiger partial charge in [0, 0.05) is 15.8 Å². The van der Waals surface area contributed by atoms with E-state index in [-0.39, 0.29) is 6.03 Å². The van der Waals surface area contributed by atoms with Crippen LogP contribution in [-0.2, 0) is 0 Å². The molecule has 0 aliphatic heterocycles. The fourth-order valence-corrected chi connectivity index (χ4v) is 2.94. The molecule has 0 aliphatic carbocycles. The Morgan fingerprint density at radius 1 is 1.00 bits per heavy atom. The molecular weight excluding hydrogens is 375 g/mol. The van der Waals surface area contributed by atoms with E-state index in [2.05, 4.69) is 26.6 Å². The van der Waals surface area contributed by atoms with Crippen molar-refractivity contribution in [3.05, 3.63) is 56.0 Å². The minimum atomic E-state index is -0.332. The quantitative estimate of drug-likeness (QED) is 0.650. The van der Waals surface area contributed by atoms with Crippen molar-refractivity contribution in [3.8, 4) is 0 Å². The summed E-state index contributed by atoms with van der Waals surface area (Å²) in [5, 5.41) is 6.40. The van der Waals surface area contributed by atoms with Crippen LogP contribution in [0.5, 0.6) is 0 Å². The number of hydrogen-bond acceptors (Lipinski definition) is 1. The highest BCUT2D eigenvalue weighted by Crippen LogP contribution is 2.27. The van der Waals surface area contributed by atoms with Gasteiger partial charge >= 0.3 is 6.03 Å². The number of hydrogen-bond donors (Lipinski definition) is 2. The molecule has 3 nitrogen and oxygen atoms in total. The number of rotatable bonds is 2. The molecule has 0 bridgehead atoms. The highest BCUT2D eigenvalue weighted by molar-refractivity contribution is 9.10. The number of aryl methyl sites for hydroxylation is 2. The third-order valence-electron chi connectivity index (χ3n) is 2.91. The SMILES string of the molecule is Cc1cc(Br)cc(C)c1NC(=O)Nc1ccc(Cl)c(Cl)c1. The average Bonchev–Trinajstić information content (AvgIpc) is 2.38. The van der Waals surface area contributed by atoms with E-state index < -0.39 is 0 Å². The summed E-state index contributed by atoms with van der Waals surface area (Å²) in [6.07, 6.45) is 0. The van der Waals surface area contributed by atoms with Crippen LogP contribution < -0.4 is 10.6 Å². The molecule has 0 saturated carbocycles. The van der Waals surface area contributed by atoms with Gasteiger partial charge in [-0.25, -0.2) is 4.79 Å². The van der Waals surface area contributed by atoms with Crippen LogP contribution >= 0.6 is 39.1 Å². The summed E-state index contributed by atoms with van der Waals surface area (Å²) in [6.45, 7) is 3.87. The maximum atomic E-state index is 12.1. The number of anilines is 2. The molecule has 0 fully saturated rings. The molecule has 2 N–H and O–H groups in total. The van der Waals surface area contributed by atoms with Gasteiger partial charge in [0.1, 0.15) is 0 Å². The summed E-state index contributed by atoms with van der Waals surface area (Å²) in [5.74, 6) is 0. The van der Waals surface area contributed by atoms with Crippen molar-refractivity contribution in [2.75, 3.05) is 10.6 Å². The van der Waals surface area contributed by atoms with E-state index in [1.807, 2.05) is 26.0 Å². The number of carbonyl (C=O) groups is 1. The van der Waals surface area contributed by atoms with Gasteiger partial charge < -0.3 is 10.6 Å². The fraction of sp³-hybridized carbons (Fsp3) is 0.133. The van der Waals surface area contributed by atoms with Crippen LogP contribution in [0, 0.1) is 13.8 Å². The van der Waals surface area contributed by atoms with E-state index in [9.17, 15) is 4.79 Å². The molecule has 0 atom stereocenters. The second-order valence-electron chi connectivity index (χ2n) is 4.62. The minimum absolute atomic E-state index is 0.332. The fourth-order valence-electron chi connectivity index (χ4n) is 1.96. The standard InChI is InChI=1S/C15H13BrCl2N2O/c1-8-5-10(16)6-9(2)14(8)20-15(21)19-11-3-4-12(17)13(18)7-11/h3-7H,1-2H3,(H2,19,20,21). The third-order valence-corrected chi connectivity index (χ3v) is 4.11. The zero-order chi connectivity index (χ0) is 15.6. The van der Waals surface area contributed by atoms with Crippen molar-refractivity contribution in [2.24, 2.45) is 0 Å². The topological polar surface area (TPSA) is 41.1 Å². The van der Waals surface area contributed by atoms with Crippen LogP contribution in [0.2, 0.25) is 10.0 Å². The molecule has 2 aromatic carbocycles. The summed E-state index contributed by atoms with van der Waals surface area (Å²) in [5.41, 5.74) is 3.32. The molecule has 21 heavy (non-hydrogen) atoms. The first-order valence-corrected chi connectivity index (χ1v) is 7.71. The Morgan fingerprint density at radius 3 is 2.19 bits per heavy atom. The lowest BCUT2D eigenvalue weighted by atomic mass is 10.1. The first-order chi connectivity index (χ1) is 9.86. The second-order valence-corrected chi connectivity index (χ2v) is 6.35. The van der Waals surface area contributed by atoms with Gasteiger partial charge in [0.15, 0.2) is 0 Å². The summed E-state index contributed by atoms with van der Waals surface area (Å²) in [6, 6.07) is 8.49. The van der Waals surface area contributed by atoms with E-state index in [0.29, 0.717) is 15.7 Å². The Balaban J connectivity index is 2.13. The summed E-state index contributed by atoms with van der Waals surface area (Å²) < 4.78 is 0.980. The molecule has 2 amide bonds. The number of urea groups is 1. The molecule has 6 heteroatoms. The van der Waals surface area contributed by atoms with Crippen LogP contribution in [0.1, 0.15) is 11.1 Å². The first-order valence-electron chi connectivity index (χ1n) is 6.16. The molecule has 0 heterocycles. The lowest BCUT2D eigenvalue weighted by Gasteiger charge is -2.13. The molecule has 0 radical (unpaired) electrons. The number of carbonyl (C=O) groups excluding carboxylic acids is 1. The van der Waals surface area contributed by atoms with Crippen molar-refractivity contribution in [2.45, 2.75) is 13.8 Å². The Hall–Kier alpha value is -1.23. The number of nitrogens with one attached hydrogen (secondary N) is 2. The van der Waals surface area contributed by atoms with E-state index in [1.54, 1.807) is 18.2 Å². The van der Waals surface area contributed by atoms with Gasteiger partial charge in [-0.1, -0.05) is 39.1 Å². The average molecular weight is 388 g/mol. The Labute approximate surface area is 141 Å². The molecule has 2 aromatic rings. The number of benzene rings is 2. The molecule has 0 aromatic heterocycles. The third kappa shape index (κ3) is 4.13. The van der Waals surface area contributed by atoms with Crippen LogP contribution in [-0.4, -0.2) is 6.03 Å². The monoisotopic (exact) mass is 386 g/mol. The van der Waals surface area contributed by atoms with Gasteiger partial charge in [-0.15, -0.1) is 0 Å². The normalized spacial score (nSPS) is 10.3. The maximum Gasteiger partial charge on any atom is 0.323 e. The molecule has 0 unspecified atom stereocenters. The number of amides is 2. The van der Waals surface area contributed by atoms with Gasteiger partial charge in [-0.05, 0) is 55.3 Å². The highest BCUT2D eigenvalue weighted by Gasteiger charge is 2.09. The molecule has 0 saturated heterocycles.